The van der Waals surface area contributed by atoms with Crippen molar-refractivity contribution in [3.8, 4) is 0 Å². The number of Topliss-reactive ketones (excluding diaryl/α,β-unsaturated/α-hetero) is 1. The number of carbonyl (C=O) groups excluding carboxylic acids is 3. The molecule has 0 atom stereocenters. The first-order valence-electron chi connectivity index (χ1n) is 4.27. The Bertz CT molecular complexity index is 330. The molecule has 0 aromatic rings. The number of carbonyl (C=O) groups is 3. The smallest absolute Gasteiger partial charge is 0.355 e. The molecular weight excluding hydrogens is 186 g/mol. The molecule has 0 unspecified atom stereocenters. The molecule has 1 heterocycles. The maximum absolute atomic E-state index is 11.3. The van der Waals surface area contributed by atoms with Gasteiger partial charge in [-0.1, -0.05) is 0 Å². The van der Waals surface area contributed by atoms with E-state index in [-0.39, 0.29) is 36.0 Å². The molecule has 0 aromatic carbocycles. The molecule has 0 aliphatic carbocycles. The maximum atomic E-state index is 11.3. The largest absolute Gasteiger partial charge is 0.461 e. The van der Waals surface area contributed by atoms with Gasteiger partial charge in [0, 0.05) is 5.57 Å². The Morgan fingerprint density at radius 1 is 1.50 bits per heavy atom. The van der Waals surface area contributed by atoms with E-state index >= 15 is 0 Å². The van der Waals surface area contributed by atoms with Gasteiger partial charge >= 0.3 is 5.97 Å². The molecule has 0 radical (unpaired) electrons. The lowest BCUT2D eigenvalue weighted by atomic mass is 10.1. The maximum Gasteiger partial charge on any atom is 0.355 e. The second kappa shape index (κ2) is 4.04. The Balaban J connectivity index is 2.92. The second-order valence-corrected chi connectivity index (χ2v) is 2.86. The van der Waals surface area contributed by atoms with Crippen molar-refractivity contribution < 1.29 is 19.1 Å². The zero-order chi connectivity index (χ0) is 10.7. The van der Waals surface area contributed by atoms with Gasteiger partial charge in [-0.05, 0) is 13.8 Å². The van der Waals surface area contributed by atoms with Crippen molar-refractivity contribution in [3.63, 3.8) is 0 Å². The number of hydrogen-bond acceptors (Lipinski definition) is 4. The zero-order valence-corrected chi connectivity index (χ0v) is 8.05. The van der Waals surface area contributed by atoms with Crippen molar-refractivity contribution >= 4 is 17.7 Å². The van der Waals surface area contributed by atoms with E-state index in [1.165, 1.54) is 6.92 Å². The van der Waals surface area contributed by atoms with Crippen molar-refractivity contribution in [2.75, 3.05) is 6.61 Å². The van der Waals surface area contributed by atoms with Crippen LogP contribution in [-0.2, 0) is 19.1 Å². The predicted octanol–water partition coefficient (Wildman–Crippen LogP) is -0.0875. The lowest BCUT2D eigenvalue weighted by molar-refractivity contribution is -0.139. The first kappa shape index (κ1) is 10.4. The highest BCUT2D eigenvalue weighted by Crippen LogP contribution is 2.16. The Labute approximate surface area is 81.1 Å². The molecule has 0 fully saturated rings. The minimum absolute atomic E-state index is 0.00986. The van der Waals surface area contributed by atoms with Crippen LogP contribution in [0, 0.1) is 0 Å². The highest BCUT2D eigenvalue weighted by atomic mass is 16.5. The van der Waals surface area contributed by atoms with Gasteiger partial charge in [-0.25, -0.2) is 4.79 Å². The summed E-state index contributed by atoms with van der Waals surface area (Å²) in [6.45, 7) is 3.18. The molecule has 5 nitrogen and oxygen atoms in total. The summed E-state index contributed by atoms with van der Waals surface area (Å²) in [5, 5.41) is 2.32. The van der Waals surface area contributed by atoms with E-state index < -0.39 is 5.97 Å². The van der Waals surface area contributed by atoms with Crippen LogP contribution in [0.2, 0.25) is 0 Å². The first-order chi connectivity index (χ1) is 6.56. The summed E-state index contributed by atoms with van der Waals surface area (Å²) in [7, 11) is 0. The number of ketones is 1. The standard InChI is InChI=1S/C9H11NO4/c1-3-14-9(13)8-6(5(2)11)4-7(12)10-8/h3-4H2,1-2H3,(H,10,12). The fourth-order valence-electron chi connectivity index (χ4n) is 1.19. The van der Waals surface area contributed by atoms with Crippen molar-refractivity contribution in [3.05, 3.63) is 11.3 Å². The van der Waals surface area contributed by atoms with E-state index in [4.69, 9.17) is 4.74 Å². The van der Waals surface area contributed by atoms with Crippen molar-refractivity contribution in [2.24, 2.45) is 0 Å². The van der Waals surface area contributed by atoms with Gasteiger partial charge < -0.3 is 10.1 Å². The number of esters is 1. The fraction of sp³-hybridized carbons (Fsp3) is 0.444. The third kappa shape index (κ3) is 1.99. The molecule has 0 aromatic heterocycles. The van der Waals surface area contributed by atoms with E-state index in [0.29, 0.717) is 0 Å². The molecule has 1 rings (SSSR count). The first-order valence-corrected chi connectivity index (χ1v) is 4.27. The second-order valence-electron chi connectivity index (χ2n) is 2.86. The monoisotopic (exact) mass is 197 g/mol. The Morgan fingerprint density at radius 2 is 2.14 bits per heavy atom. The molecule has 1 amide bonds. The topological polar surface area (TPSA) is 72.5 Å². The van der Waals surface area contributed by atoms with Gasteiger partial charge in [-0.15, -0.1) is 0 Å². The molecule has 1 aliphatic rings. The number of hydrogen-bond donors (Lipinski definition) is 1. The molecule has 76 valence electrons. The Morgan fingerprint density at radius 3 is 2.64 bits per heavy atom. The minimum Gasteiger partial charge on any atom is -0.461 e. The van der Waals surface area contributed by atoms with Gasteiger partial charge in [0.2, 0.25) is 5.91 Å². The molecule has 1 aliphatic heterocycles. The summed E-state index contributed by atoms with van der Waals surface area (Å²) in [6, 6.07) is 0. The number of rotatable bonds is 3. The van der Waals surface area contributed by atoms with Gasteiger partial charge in [0.05, 0.1) is 13.0 Å². The third-order valence-electron chi connectivity index (χ3n) is 1.81. The van der Waals surface area contributed by atoms with E-state index in [0.717, 1.165) is 0 Å². The quantitative estimate of drug-likeness (QED) is 0.642. The van der Waals surface area contributed by atoms with Gasteiger partial charge in [-0.2, -0.15) is 0 Å². The lowest BCUT2D eigenvalue weighted by Crippen LogP contribution is -2.22. The van der Waals surface area contributed by atoms with E-state index in [2.05, 4.69) is 5.32 Å². The van der Waals surface area contributed by atoms with Crippen molar-refractivity contribution in [2.45, 2.75) is 20.3 Å². The Hall–Kier alpha value is -1.65. The van der Waals surface area contributed by atoms with E-state index in [1.807, 2.05) is 0 Å². The molecule has 0 bridgehead atoms. The Kier molecular flexibility index (Phi) is 3.01. The van der Waals surface area contributed by atoms with Crippen LogP contribution in [0.15, 0.2) is 11.3 Å². The summed E-state index contributed by atoms with van der Waals surface area (Å²) in [5.41, 5.74) is 0.192. The minimum atomic E-state index is -0.649. The average molecular weight is 197 g/mol. The van der Waals surface area contributed by atoms with Crippen LogP contribution >= 0.6 is 0 Å². The molecule has 5 heteroatoms. The van der Waals surface area contributed by atoms with Gasteiger partial charge in [-0.3, -0.25) is 9.59 Å². The van der Waals surface area contributed by atoms with Gasteiger partial charge in [0.1, 0.15) is 5.70 Å². The van der Waals surface area contributed by atoms with Crippen LogP contribution in [-0.4, -0.2) is 24.3 Å². The zero-order valence-electron chi connectivity index (χ0n) is 8.05. The molecule has 14 heavy (non-hydrogen) atoms. The van der Waals surface area contributed by atoms with Gasteiger partial charge in [0.25, 0.3) is 0 Å². The molecular formula is C9H11NO4. The number of amides is 1. The van der Waals surface area contributed by atoms with Crippen LogP contribution in [0.4, 0.5) is 0 Å². The molecule has 0 spiro atoms. The van der Waals surface area contributed by atoms with Crippen molar-refractivity contribution in [1.82, 2.24) is 5.32 Å². The normalized spacial score (nSPS) is 15.4. The third-order valence-corrected chi connectivity index (χ3v) is 1.81. The van der Waals surface area contributed by atoms with Crippen molar-refractivity contribution in [1.29, 1.82) is 0 Å². The highest BCUT2D eigenvalue weighted by molar-refractivity contribution is 6.10. The molecule has 0 saturated heterocycles. The predicted molar refractivity (Wildman–Crippen MR) is 47.1 cm³/mol. The summed E-state index contributed by atoms with van der Waals surface area (Å²) >= 11 is 0. The summed E-state index contributed by atoms with van der Waals surface area (Å²) in [6.07, 6.45) is -0.0382. The SMILES string of the molecule is CCOC(=O)C1=C(C(C)=O)CC(=O)N1. The van der Waals surface area contributed by atoms with Crippen LogP contribution in [0.3, 0.4) is 0 Å². The molecule has 0 saturated carbocycles. The molecule has 1 N–H and O–H groups in total. The fourth-order valence-corrected chi connectivity index (χ4v) is 1.19. The summed E-state index contributed by atoms with van der Waals surface area (Å²) in [4.78, 5) is 33.3. The van der Waals surface area contributed by atoms with Crippen LogP contribution in [0.1, 0.15) is 20.3 Å². The van der Waals surface area contributed by atoms with Crippen LogP contribution in [0.25, 0.3) is 0 Å². The van der Waals surface area contributed by atoms with Crippen LogP contribution in [0.5, 0.6) is 0 Å². The van der Waals surface area contributed by atoms with Crippen LogP contribution < -0.4 is 5.32 Å². The lowest BCUT2D eigenvalue weighted by Gasteiger charge is -2.03. The van der Waals surface area contributed by atoms with E-state index in [1.54, 1.807) is 6.92 Å². The highest BCUT2D eigenvalue weighted by Gasteiger charge is 2.29. The van der Waals surface area contributed by atoms with E-state index in [9.17, 15) is 14.4 Å². The summed E-state index contributed by atoms with van der Waals surface area (Å²) in [5.74, 6) is -1.28. The number of nitrogens with one attached hydrogen (secondary N) is 1. The number of ether oxygens (including phenoxy) is 1. The summed E-state index contributed by atoms with van der Waals surface area (Å²) < 4.78 is 4.69. The average Bonchev–Trinajstić information content (AvgIpc) is 2.48. The van der Waals surface area contributed by atoms with Gasteiger partial charge in [0.15, 0.2) is 5.78 Å².